The first-order valence-electron chi connectivity index (χ1n) is 6.35. The summed E-state index contributed by atoms with van der Waals surface area (Å²) in [5, 5.41) is 11.8. The van der Waals surface area contributed by atoms with Crippen LogP contribution in [0.5, 0.6) is 11.5 Å². The van der Waals surface area contributed by atoms with Crippen LogP contribution in [0, 0.1) is 11.3 Å². The molecule has 1 N–H and O–H groups in total. The van der Waals surface area contributed by atoms with Gasteiger partial charge in [0.05, 0.1) is 32.5 Å². The normalized spacial score (nSPS) is 18.2. The summed E-state index contributed by atoms with van der Waals surface area (Å²) >= 11 is 0. The molecule has 1 aromatic carbocycles. The smallest absolute Gasteiger partial charge is 0.142 e. The van der Waals surface area contributed by atoms with Gasteiger partial charge in [-0.3, -0.25) is 5.32 Å². The van der Waals surface area contributed by atoms with Crippen molar-refractivity contribution in [2.24, 2.45) is 0 Å². The summed E-state index contributed by atoms with van der Waals surface area (Å²) in [7, 11) is 3.33. The molecule has 1 aliphatic heterocycles. The molecule has 5 heteroatoms. The molecule has 1 unspecified atom stereocenters. The lowest BCUT2D eigenvalue weighted by atomic mass is 10.2. The summed E-state index contributed by atoms with van der Waals surface area (Å²) in [5.74, 6) is 1.67. The molecular formula is C14H19N3O2. The number of nitrogens with one attached hydrogen (secondary N) is 1. The van der Waals surface area contributed by atoms with Gasteiger partial charge in [-0.25, -0.2) is 0 Å². The van der Waals surface area contributed by atoms with Gasteiger partial charge in [-0.05, 0) is 18.6 Å². The number of nitrogens with zero attached hydrogens (tertiary/aromatic N) is 2. The highest BCUT2D eigenvalue weighted by atomic mass is 16.5. The second-order valence-electron chi connectivity index (χ2n) is 4.51. The van der Waals surface area contributed by atoms with Crippen LogP contribution in [0.2, 0.25) is 0 Å². The minimum Gasteiger partial charge on any atom is -0.497 e. The molecule has 0 bridgehead atoms. The summed E-state index contributed by atoms with van der Waals surface area (Å²) in [6.45, 7) is 2.23. The molecule has 2 rings (SSSR count). The number of ether oxygens (including phenoxy) is 2. The van der Waals surface area contributed by atoms with Gasteiger partial charge in [0.25, 0.3) is 0 Å². The van der Waals surface area contributed by atoms with Crippen LogP contribution in [0.4, 0.5) is 5.69 Å². The second kappa shape index (κ2) is 6.30. The Morgan fingerprint density at radius 2 is 2.26 bits per heavy atom. The van der Waals surface area contributed by atoms with E-state index in [0.29, 0.717) is 12.6 Å². The molecule has 19 heavy (non-hydrogen) atoms. The molecule has 1 heterocycles. The summed E-state index contributed by atoms with van der Waals surface area (Å²) in [6, 6.07) is 8.28. The van der Waals surface area contributed by atoms with Gasteiger partial charge in [0.1, 0.15) is 11.5 Å². The van der Waals surface area contributed by atoms with Crippen LogP contribution < -0.4 is 19.7 Å². The molecule has 0 aromatic heterocycles. The second-order valence-corrected chi connectivity index (χ2v) is 4.51. The van der Waals surface area contributed by atoms with Crippen molar-refractivity contribution >= 4 is 5.69 Å². The number of benzene rings is 1. The Balaban J connectivity index is 2.11. The summed E-state index contributed by atoms with van der Waals surface area (Å²) in [4.78, 5) is 2.26. The van der Waals surface area contributed by atoms with Gasteiger partial charge in [0, 0.05) is 25.2 Å². The zero-order chi connectivity index (χ0) is 13.7. The Kier molecular flexibility index (Phi) is 4.48. The van der Waals surface area contributed by atoms with Crippen LogP contribution >= 0.6 is 0 Å². The zero-order valence-electron chi connectivity index (χ0n) is 11.3. The lowest BCUT2D eigenvalue weighted by Crippen LogP contribution is -2.32. The van der Waals surface area contributed by atoms with Crippen molar-refractivity contribution in [3.63, 3.8) is 0 Å². The van der Waals surface area contributed by atoms with Crippen molar-refractivity contribution in [2.45, 2.75) is 12.5 Å². The highest BCUT2D eigenvalue weighted by molar-refractivity contribution is 5.62. The molecule has 0 saturated carbocycles. The van der Waals surface area contributed by atoms with E-state index in [-0.39, 0.29) is 0 Å². The molecule has 1 aromatic rings. The predicted octanol–water partition coefficient (Wildman–Crippen LogP) is 1.40. The lowest BCUT2D eigenvalue weighted by molar-refractivity contribution is 0.403. The molecular weight excluding hydrogens is 242 g/mol. The predicted molar refractivity (Wildman–Crippen MR) is 73.8 cm³/mol. The Labute approximate surface area is 113 Å². The maximum atomic E-state index is 8.60. The van der Waals surface area contributed by atoms with E-state index >= 15 is 0 Å². The number of hydrogen-bond donors (Lipinski definition) is 1. The minimum absolute atomic E-state index is 0.357. The van der Waals surface area contributed by atoms with Gasteiger partial charge in [-0.1, -0.05) is 0 Å². The third-order valence-electron chi connectivity index (χ3n) is 3.38. The van der Waals surface area contributed by atoms with Crippen molar-refractivity contribution in [1.29, 1.82) is 5.26 Å². The van der Waals surface area contributed by atoms with E-state index in [1.807, 2.05) is 18.2 Å². The maximum Gasteiger partial charge on any atom is 0.142 e. The van der Waals surface area contributed by atoms with Crippen molar-refractivity contribution in [2.75, 3.05) is 38.8 Å². The van der Waals surface area contributed by atoms with E-state index < -0.39 is 0 Å². The van der Waals surface area contributed by atoms with E-state index in [0.717, 1.165) is 36.7 Å². The first-order valence-corrected chi connectivity index (χ1v) is 6.35. The molecule has 1 atom stereocenters. The van der Waals surface area contributed by atoms with Gasteiger partial charge in [0.2, 0.25) is 0 Å². The largest absolute Gasteiger partial charge is 0.497 e. The molecule has 0 spiro atoms. The van der Waals surface area contributed by atoms with Crippen LogP contribution in [0.25, 0.3) is 0 Å². The third-order valence-corrected chi connectivity index (χ3v) is 3.38. The van der Waals surface area contributed by atoms with Crippen LogP contribution in [0.15, 0.2) is 18.2 Å². The Hall–Kier alpha value is -1.93. The van der Waals surface area contributed by atoms with Gasteiger partial charge in [-0.15, -0.1) is 0 Å². The fourth-order valence-corrected chi connectivity index (χ4v) is 2.38. The quantitative estimate of drug-likeness (QED) is 0.812. The topological polar surface area (TPSA) is 57.5 Å². The van der Waals surface area contributed by atoms with Crippen LogP contribution in [-0.4, -0.2) is 39.9 Å². The van der Waals surface area contributed by atoms with Crippen molar-refractivity contribution < 1.29 is 9.47 Å². The molecule has 0 radical (unpaired) electrons. The molecule has 0 amide bonds. The molecule has 1 aliphatic rings. The fraction of sp³-hybridized carbons (Fsp3) is 0.500. The number of hydrogen-bond acceptors (Lipinski definition) is 5. The van der Waals surface area contributed by atoms with E-state index in [4.69, 9.17) is 14.7 Å². The number of methoxy groups -OCH3 is 2. The number of anilines is 1. The third kappa shape index (κ3) is 3.09. The lowest BCUT2D eigenvalue weighted by Gasteiger charge is -2.22. The zero-order valence-corrected chi connectivity index (χ0v) is 11.3. The van der Waals surface area contributed by atoms with E-state index in [1.54, 1.807) is 14.2 Å². The summed E-state index contributed by atoms with van der Waals surface area (Å²) in [5.41, 5.74) is 1.04. The monoisotopic (exact) mass is 261 g/mol. The first-order chi connectivity index (χ1) is 9.28. The minimum atomic E-state index is 0.357. The Morgan fingerprint density at radius 3 is 2.95 bits per heavy atom. The molecule has 5 nitrogen and oxygen atoms in total. The van der Waals surface area contributed by atoms with E-state index in [2.05, 4.69) is 16.3 Å². The van der Waals surface area contributed by atoms with Crippen molar-refractivity contribution in [1.82, 2.24) is 5.32 Å². The van der Waals surface area contributed by atoms with Gasteiger partial charge >= 0.3 is 0 Å². The first kappa shape index (κ1) is 13.5. The van der Waals surface area contributed by atoms with Gasteiger partial charge in [-0.2, -0.15) is 5.26 Å². The van der Waals surface area contributed by atoms with E-state index in [9.17, 15) is 0 Å². The average Bonchev–Trinajstić information content (AvgIpc) is 2.93. The number of nitriles is 1. The molecule has 1 saturated heterocycles. The molecule has 0 aliphatic carbocycles. The highest BCUT2D eigenvalue weighted by Crippen LogP contribution is 2.34. The number of rotatable bonds is 5. The van der Waals surface area contributed by atoms with Crippen LogP contribution in [0.3, 0.4) is 0 Å². The van der Waals surface area contributed by atoms with Gasteiger partial charge in [0.15, 0.2) is 0 Å². The standard InChI is InChI=1S/C14H19N3O2/c1-18-12-3-4-14(19-2)13(9-12)17-8-5-11(10-17)16-7-6-15/h3-4,9,11,16H,5,7-8,10H2,1-2H3. The van der Waals surface area contributed by atoms with Gasteiger partial charge < -0.3 is 14.4 Å². The average molecular weight is 261 g/mol. The Bertz CT molecular complexity index is 470. The SMILES string of the molecule is COc1ccc(OC)c(N2CCC(NCC#N)C2)c1. The Morgan fingerprint density at radius 1 is 1.42 bits per heavy atom. The summed E-state index contributed by atoms with van der Waals surface area (Å²) in [6.07, 6.45) is 1.03. The van der Waals surface area contributed by atoms with Crippen LogP contribution in [-0.2, 0) is 0 Å². The maximum absolute atomic E-state index is 8.60. The van der Waals surface area contributed by atoms with E-state index in [1.165, 1.54) is 0 Å². The molecule has 1 fully saturated rings. The van der Waals surface area contributed by atoms with Crippen LogP contribution in [0.1, 0.15) is 6.42 Å². The van der Waals surface area contributed by atoms with Crippen molar-refractivity contribution in [3.8, 4) is 17.6 Å². The molecule has 102 valence electrons. The van der Waals surface area contributed by atoms with Crippen molar-refractivity contribution in [3.05, 3.63) is 18.2 Å². The summed E-state index contributed by atoms with van der Waals surface area (Å²) < 4.78 is 10.7. The fourth-order valence-electron chi connectivity index (χ4n) is 2.38. The highest BCUT2D eigenvalue weighted by Gasteiger charge is 2.24.